The van der Waals surface area contributed by atoms with E-state index in [9.17, 15) is 4.79 Å². The number of nitrogens with one attached hydrogen (secondary N) is 1. The number of hydrogen-bond donors (Lipinski definition) is 1. The van der Waals surface area contributed by atoms with E-state index in [0.717, 1.165) is 4.70 Å². The third kappa shape index (κ3) is 3.26. The number of hydrogen-bond acceptors (Lipinski definition) is 5. The number of carbonyl (C=O) groups is 1. The van der Waals surface area contributed by atoms with Crippen molar-refractivity contribution in [1.29, 1.82) is 0 Å². The summed E-state index contributed by atoms with van der Waals surface area (Å²) in [5, 5.41) is 4.16. The van der Waals surface area contributed by atoms with E-state index in [0.29, 0.717) is 37.8 Å². The standard InChI is InChI=1S/C16H12Cl2N2O3S/c1-22-11-4-3-8(5-12(11)23-2)15(21)20-16-19-14-10(18)6-9(17)7-13(14)24-16/h3-7H,1-2H3,(H,19,20,21). The number of nitrogens with zero attached hydrogens (tertiary/aromatic N) is 1. The lowest BCUT2D eigenvalue weighted by atomic mass is 10.2. The molecule has 0 aliphatic carbocycles. The van der Waals surface area contributed by atoms with Gasteiger partial charge >= 0.3 is 0 Å². The Morgan fingerprint density at radius 2 is 1.88 bits per heavy atom. The Kier molecular flexibility index (Phi) is 4.80. The maximum Gasteiger partial charge on any atom is 0.257 e. The van der Waals surface area contributed by atoms with E-state index in [-0.39, 0.29) is 5.91 Å². The van der Waals surface area contributed by atoms with Crippen LogP contribution >= 0.6 is 34.5 Å². The lowest BCUT2D eigenvalue weighted by Crippen LogP contribution is -2.11. The first kappa shape index (κ1) is 16.8. The van der Waals surface area contributed by atoms with Crippen molar-refractivity contribution in [2.45, 2.75) is 0 Å². The maximum atomic E-state index is 12.4. The molecule has 0 spiro atoms. The quantitative estimate of drug-likeness (QED) is 0.698. The van der Waals surface area contributed by atoms with Crippen LogP contribution in [0, 0.1) is 0 Å². The molecule has 0 saturated heterocycles. The number of rotatable bonds is 4. The molecule has 24 heavy (non-hydrogen) atoms. The summed E-state index contributed by atoms with van der Waals surface area (Å²) in [5.74, 6) is 0.719. The van der Waals surface area contributed by atoms with Gasteiger partial charge in [-0.05, 0) is 30.3 Å². The zero-order valence-electron chi connectivity index (χ0n) is 12.7. The summed E-state index contributed by atoms with van der Waals surface area (Å²) in [5.41, 5.74) is 1.03. The number of halogens is 2. The normalized spacial score (nSPS) is 10.7. The van der Waals surface area contributed by atoms with Crippen molar-refractivity contribution < 1.29 is 14.3 Å². The number of thiazole rings is 1. The number of amides is 1. The first-order valence-corrected chi connectivity index (χ1v) is 8.38. The first-order chi connectivity index (χ1) is 11.5. The van der Waals surface area contributed by atoms with Crippen LogP contribution < -0.4 is 14.8 Å². The fourth-order valence-corrected chi connectivity index (χ4v) is 3.74. The van der Waals surface area contributed by atoms with Gasteiger partial charge in [0.2, 0.25) is 0 Å². The second kappa shape index (κ2) is 6.84. The SMILES string of the molecule is COc1ccc(C(=O)Nc2nc3c(Cl)cc(Cl)cc3s2)cc1OC. The molecule has 3 rings (SSSR count). The van der Waals surface area contributed by atoms with Crippen LogP contribution in [0.2, 0.25) is 10.0 Å². The highest BCUT2D eigenvalue weighted by molar-refractivity contribution is 7.22. The summed E-state index contributed by atoms with van der Waals surface area (Å²) < 4.78 is 11.2. The molecule has 124 valence electrons. The van der Waals surface area contributed by atoms with Gasteiger partial charge in [0, 0.05) is 10.6 Å². The lowest BCUT2D eigenvalue weighted by Gasteiger charge is -2.09. The zero-order valence-corrected chi connectivity index (χ0v) is 15.1. The third-order valence-corrected chi connectivity index (χ3v) is 4.70. The van der Waals surface area contributed by atoms with Crippen LogP contribution in [-0.2, 0) is 0 Å². The third-order valence-electron chi connectivity index (χ3n) is 3.28. The van der Waals surface area contributed by atoms with E-state index in [1.54, 1.807) is 30.3 Å². The number of ether oxygens (including phenoxy) is 2. The van der Waals surface area contributed by atoms with Crippen molar-refractivity contribution in [3.05, 3.63) is 45.9 Å². The van der Waals surface area contributed by atoms with Gasteiger partial charge in [0.25, 0.3) is 5.91 Å². The van der Waals surface area contributed by atoms with Crippen LogP contribution in [0.4, 0.5) is 5.13 Å². The van der Waals surface area contributed by atoms with Crippen molar-refractivity contribution in [2.24, 2.45) is 0 Å². The fraction of sp³-hybridized carbons (Fsp3) is 0.125. The molecule has 0 radical (unpaired) electrons. The topological polar surface area (TPSA) is 60.5 Å². The van der Waals surface area contributed by atoms with Crippen molar-refractivity contribution in [1.82, 2.24) is 4.98 Å². The second-order valence-corrected chi connectivity index (χ2v) is 6.65. The molecule has 5 nitrogen and oxygen atoms in total. The smallest absolute Gasteiger partial charge is 0.257 e. The molecular weight excluding hydrogens is 371 g/mol. The van der Waals surface area contributed by atoms with Gasteiger partial charge in [-0.1, -0.05) is 34.5 Å². The molecule has 8 heteroatoms. The summed E-state index contributed by atoms with van der Waals surface area (Å²) in [6, 6.07) is 8.29. The molecule has 0 aliphatic heterocycles. The highest BCUT2D eigenvalue weighted by atomic mass is 35.5. The summed E-state index contributed by atoms with van der Waals surface area (Å²) in [7, 11) is 3.05. The largest absolute Gasteiger partial charge is 0.493 e. The Hall–Kier alpha value is -2.02. The van der Waals surface area contributed by atoms with Crippen LogP contribution in [0.25, 0.3) is 10.2 Å². The number of anilines is 1. The van der Waals surface area contributed by atoms with Gasteiger partial charge < -0.3 is 9.47 Å². The Balaban J connectivity index is 1.88. The van der Waals surface area contributed by atoms with E-state index in [1.165, 1.54) is 25.6 Å². The molecular formula is C16H12Cl2N2O3S. The molecule has 0 atom stereocenters. The van der Waals surface area contributed by atoms with Crippen LogP contribution in [0.1, 0.15) is 10.4 Å². The predicted octanol–water partition coefficient (Wildman–Crippen LogP) is 4.87. The number of benzene rings is 2. The van der Waals surface area contributed by atoms with E-state index < -0.39 is 0 Å². The van der Waals surface area contributed by atoms with E-state index in [4.69, 9.17) is 32.7 Å². The molecule has 0 unspecified atom stereocenters. The minimum Gasteiger partial charge on any atom is -0.493 e. The van der Waals surface area contributed by atoms with Gasteiger partial charge in [-0.2, -0.15) is 0 Å². The van der Waals surface area contributed by atoms with Crippen molar-refractivity contribution in [3.8, 4) is 11.5 Å². The van der Waals surface area contributed by atoms with Gasteiger partial charge in [0.05, 0.1) is 23.9 Å². The van der Waals surface area contributed by atoms with Gasteiger partial charge in [0.1, 0.15) is 5.52 Å². The van der Waals surface area contributed by atoms with E-state index in [1.807, 2.05) is 0 Å². The summed E-state index contributed by atoms with van der Waals surface area (Å²) in [4.78, 5) is 16.7. The van der Waals surface area contributed by atoms with E-state index >= 15 is 0 Å². The highest BCUT2D eigenvalue weighted by Crippen LogP contribution is 2.34. The van der Waals surface area contributed by atoms with Crippen molar-refractivity contribution in [3.63, 3.8) is 0 Å². The number of aromatic nitrogens is 1. The molecule has 0 bridgehead atoms. The molecule has 0 aliphatic rings. The second-order valence-electron chi connectivity index (χ2n) is 4.78. The Bertz CT molecular complexity index is 927. The molecule has 1 N–H and O–H groups in total. The van der Waals surface area contributed by atoms with Crippen LogP contribution in [-0.4, -0.2) is 25.1 Å². The monoisotopic (exact) mass is 382 g/mol. The van der Waals surface area contributed by atoms with E-state index in [2.05, 4.69) is 10.3 Å². The molecule has 1 aromatic heterocycles. The van der Waals surface area contributed by atoms with Gasteiger partial charge in [-0.3, -0.25) is 10.1 Å². The Labute approximate surface area is 152 Å². The van der Waals surface area contributed by atoms with Crippen LogP contribution in [0.3, 0.4) is 0 Å². The Morgan fingerprint density at radius 3 is 2.58 bits per heavy atom. The molecule has 0 fully saturated rings. The number of methoxy groups -OCH3 is 2. The summed E-state index contributed by atoms with van der Waals surface area (Å²) in [6.45, 7) is 0. The minimum absolute atomic E-state index is 0.308. The molecule has 2 aromatic carbocycles. The summed E-state index contributed by atoms with van der Waals surface area (Å²) in [6.07, 6.45) is 0. The number of fused-ring (bicyclic) bond motifs is 1. The van der Waals surface area contributed by atoms with Gasteiger partial charge in [0.15, 0.2) is 16.6 Å². The summed E-state index contributed by atoms with van der Waals surface area (Å²) >= 11 is 13.4. The molecule has 0 saturated carbocycles. The zero-order chi connectivity index (χ0) is 17.3. The fourth-order valence-electron chi connectivity index (χ4n) is 2.16. The molecule has 3 aromatic rings. The van der Waals surface area contributed by atoms with Crippen LogP contribution in [0.15, 0.2) is 30.3 Å². The average Bonchev–Trinajstić information content (AvgIpc) is 2.96. The van der Waals surface area contributed by atoms with Crippen LogP contribution in [0.5, 0.6) is 11.5 Å². The van der Waals surface area contributed by atoms with Crippen molar-refractivity contribution >= 4 is 55.8 Å². The maximum absolute atomic E-state index is 12.4. The number of carbonyl (C=O) groups excluding carboxylic acids is 1. The average molecular weight is 383 g/mol. The lowest BCUT2D eigenvalue weighted by molar-refractivity contribution is 0.102. The van der Waals surface area contributed by atoms with Crippen molar-refractivity contribution in [2.75, 3.05) is 19.5 Å². The Morgan fingerprint density at radius 1 is 1.12 bits per heavy atom. The molecule has 1 amide bonds. The van der Waals surface area contributed by atoms with Gasteiger partial charge in [-0.15, -0.1) is 0 Å². The first-order valence-electron chi connectivity index (χ1n) is 6.81. The highest BCUT2D eigenvalue weighted by Gasteiger charge is 2.14. The predicted molar refractivity (Wildman–Crippen MR) is 97.1 cm³/mol. The minimum atomic E-state index is -0.308. The van der Waals surface area contributed by atoms with Gasteiger partial charge in [-0.25, -0.2) is 4.98 Å². The molecule has 1 heterocycles.